The van der Waals surface area contributed by atoms with E-state index in [0.717, 1.165) is 0 Å². The van der Waals surface area contributed by atoms with E-state index in [9.17, 15) is 4.79 Å². The number of methoxy groups -OCH3 is 1. The van der Waals surface area contributed by atoms with Crippen molar-refractivity contribution in [2.45, 2.75) is 19.4 Å². The highest BCUT2D eigenvalue weighted by Crippen LogP contribution is 2.01. The smallest absolute Gasteiger partial charge is 0.467 e. The Labute approximate surface area is 69.4 Å². The van der Waals surface area contributed by atoms with Crippen molar-refractivity contribution in [3.05, 3.63) is 0 Å². The molecule has 0 spiro atoms. The molecule has 0 saturated heterocycles. The monoisotopic (exact) mass is 180 g/mol. The Morgan fingerprint density at radius 1 is 1.25 bits per heavy atom. The normalized spacial score (nSPS) is 9.33. The maximum Gasteiger partial charge on any atom is 0.503 e. The van der Waals surface area contributed by atoms with E-state index in [1.54, 1.807) is 0 Å². The van der Waals surface area contributed by atoms with Gasteiger partial charge in [-0.1, -0.05) is 0 Å². The van der Waals surface area contributed by atoms with Gasteiger partial charge in [0.15, 0.2) is 5.60 Å². The Kier molecular flexibility index (Phi) is 5.94. The molecule has 0 aliphatic heterocycles. The molecule has 0 aliphatic carbocycles. The van der Waals surface area contributed by atoms with Crippen molar-refractivity contribution in [1.29, 1.82) is 0 Å². The van der Waals surface area contributed by atoms with E-state index in [-0.39, 0.29) is 0 Å². The number of carbonyl (C=O) groups excluding carboxylic acids is 1. The van der Waals surface area contributed by atoms with E-state index in [2.05, 4.69) is 4.74 Å². The Balaban J connectivity index is 0. The molecule has 3 N–H and O–H groups in total. The molecular formula is C6H12O6. The third kappa shape index (κ3) is 11.5. The summed E-state index contributed by atoms with van der Waals surface area (Å²) in [5.41, 5.74) is -1.35. The number of carboxylic acid groups (broad SMARTS) is 2. The van der Waals surface area contributed by atoms with E-state index in [4.69, 9.17) is 20.1 Å². The third-order valence-corrected chi connectivity index (χ3v) is 0.685. The predicted molar refractivity (Wildman–Crippen MR) is 39.0 cm³/mol. The van der Waals surface area contributed by atoms with Gasteiger partial charge in [-0.15, -0.1) is 0 Å². The van der Waals surface area contributed by atoms with Gasteiger partial charge in [-0.05, 0) is 13.8 Å². The lowest BCUT2D eigenvalue weighted by molar-refractivity contribution is -0.158. The largest absolute Gasteiger partial charge is 0.503 e. The maximum absolute atomic E-state index is 10.4. The van der Waals surface area contributed by atoms with Crippen LogP contribution in [0.3, 0.4) is 0 Å². The lowest BCUT2D eigenvalue weighted by Gasteiger charge is -2.12. The Morgan fingerprint density at radius 2 is 1.50 bits per heavy atom. The summed E-state index contributed by atoms with van der Waals surface area (Å²) < 4.78 is 4.23. The fourth-order valence-corrected chi connectivity index (χ4v) is 0.250. The number of aliphatic hydroxyl groups is 1. The van der Waals surface area contributed by atoms with E-state index in [0.29, 0.717) is 0 Å². The molecule has 0 unspecified atom stereocenters. The van der Waals surface area contributed by atoms with Crippen LogP contribution in [0.1, 0.15) is 13.8 Å². The van der Waals surface area contributed by atoms with Crippen molar-refractivity contribution in [3.8, 4) is 0 Å². The summed E-state index contributed by atoms with van der Waals surface area (Å²) in [5.74, 6) is -0.613. The van der Waals surface area contributed by atoms with Gasteiger partial charge in [0.25, 0.3) is 0 Å². The third-order valence-electron chi connectivity index (χ3n) is 0.685. The summed E-state index contributed by atoms with van der Waals surface area (Å²) in [6, 6.07) is 0. The SMILES string of the molecule is COC(=O)C(C)(C)O.O=C(O)O. The summed E-state index contributed by atoms with van der Waals surface area (Å²) >= 11 is 0. The van der Waals surface area contributed by atoms with Crippen LogP contribution in [-0.4, -0.2) is 40.2 Å². The molecule has 0 aromatic rings. The van der Waals surface area contributed by atoms with Gasteiger partial charge in [0.1, 0.15) is 0 Å². The highest BCUT2D eigenvalue weighted by atomic mass is 16.6. The second kappa shape index (κ2) is 5.36. The minimum Gasteiger partial charge on any atom is -0.467 e. The first-order valence-corrected chi connectivity index (χ1v) is 2.94. The van der Waals surface area contributed by atoms with Gasteiger partial charge in [-0.25, -0.2) is 9.59 Å². The fourth-order valence-electron chi connectivity index (χ4n) is 0.250. The molecule has 72 valence electrons. The minimum atomic E-state index is -1.83. The zero-order valence-electron chi connectivity index (χ0n) is 7.07. The zero-order valence-corrected chi connectivity index (χ0v) is 7.07. The fraction of sp³-hybridized carbons (Fsp3) is 0.667. The van der Waals surface area contributed by atoms with E-state index >= 15 is 0 Å². The molecule has 0 aliphatic rings. The number of rotatable bonds is 1. The molecule has 0 rings (SSSR count). The molecule has 0 radical (unpaired) electrons. The quantitative estimate of drug-likeness (QED) is 0.496. The number of ether oxygens (including phenoxy) is 1. The van der Waals surface area contributed by atoms with Crippen LogP contribution in [0.5, 0.6) is 0 Å². The molecule has 0 atom stereocenters. The van der Waals surface area contributed by atoms with E-state index in [1.165, 1.54) is 21.0 Å². The molecule has 0 saturated carbocycles. The molecular weight excluding hydrogens is 168 g/mol. The highest BCUT2D eigenvalue weighted by Gasteiger charge is 2.23. The molecule has 0 heterocycles. The Hall–Kier alpha value is -1.30. The first-order valence-electron chi connectivity index (χ1n) is 2.94. The Morgan fingerprint density at radius 3 is 1.50 bits per heavy atom. The standard InChI is InChI=1S/C5H10O3.CH2O3/c1-5(2,7)4(6)8-3;2-1(3)4/h7H,1-3H3;(H2,2,3,4). The van der Waals surface area contributed by atoms with Gasteiger partial charge < -0.3 is 20.1 Å². The summed E-state index contributed by atoms with van der Waals surface area (Å²) in [5, 5.41) is 22.8. The van der Waals surface area contributed by atoms with E-state index in [1.807, 2.05) is 0 Å². The van der Waals surface area contributed by atoms with E-state index < -0.39 is 17.7 Å². The average Bonchev–Trinajstić information content (AvgIpc) is 1.82. The summed E-state index contributed by atoms with van der Waals surface area (Å²) in [6.07, 6.45) is -1.83. The minimum absolute atomic E-state index is 0.613. The van der Waals surface area contributed by atoms with Gasteiger partial charge >= 0.3 is 12.1 Å². The van der Waals surface area contributed by atoms with Gasteiger partial charge in [-0.2, -0.15) is 0 Å². The highest BCUT2D eigenvalue weighted by molar-refractivity contribution is 5.77. The van der Waals surface area contributed by atoms with Crippen LogP contribution in [0.2, 0.25) is 0 Å². The van der Waals surface area contributed by atoms with Gasteiger partial charge in [0.2, 0.25) is 0 Å². The van der Waals surface area contributed by atoms with Crippen molar-refractivity contribution in [3.63, 3.8) is 0 Å². The second-order valence-electron chi connectivity index (χ2n) is 2.33. The van der Waals surface area contributed by atoms with Crippen LogP contribution >= 0.6 is 0 Å². The van der Waals surface area contributed by atoms with Gasteiger partial charge in [0, 0.05) is 0 Å². The average molecular weight is 180 g/mol. The molecule has 12 heavy (non-hydrogen) atoms. The molecule has 6 nitrogen and oxygen atoms in total. The summed E-state index contributed by atoms with van der Waals surface area (Å²) in [6.45, 7) is 2.75. The molecule has 0 fully saturated rings. The number of hydrogen-bond acceptors (Lipinski definition) is 4. The van der Waals surface area contributed by atoms with Crippen molar-refractivity contribution >= 4 is 12.1 Å². The van der Waals surface area contributed by atoms with Crippen molar-refractivity contribution < 1.29 is 29.6 Å². The topological polar surface area (TPSA) is 104 Å². The Bertz CT molecular complexity index is 152. The predicted octanol–water partition coefficient (Wildman–Crippen LogP) is 0.153. The number of hydrogen-bond donors (Lipinski definition) is 3. The van der Waals surface area contributed by atoms with Crippen LogP contribution < -0.4 is 0 Å². The first kappa shape index (κ1) is 13.3. The maximum atomic E-state index is 10.4. The second-order valence-corrected chi connectivity index (χ2v) is 2.33. The lowest BCUT2D eigenvalue weighted by atomic mass is 10.1. The van der Waals surface area contributed by atoms with Crippen LogP contribution in [0.15, 0.2) is 0 Å². The zero-order chi connectivity index (χ0) is 10.4. The number of esters is 1. The van der Waals surface area contributed by atoms with Crippen LogP contribution in [0.25, 0.3) is 0 Å². The van der Waals surface area contributed by atoms with Crippen LogP contribution in [-0.2, 0) is 9.53 Å². The lowest BCUT2D eigenvalue weighted by Crippen LogP contribution is -2.31. The van der Waals surface area contributed by atoms with Gasteiger partial charge in [-0.3, -0.25) is 0 Å². The molecule has 0 aromatic carbocycles. The molecule has 0 amide bonds. The number of carbonyl (C=O) groups is 2. The van der Waals surface area contributed by atoms with Crippen LogP contribution in [0.4, 0.5) is 4.79 Å². The van der Waals surface area contributed by atoms with Crippen molar-refractivity contribution in [2.75, 3.05) is 7.11 Å². The van der Waals surface area contributed by atoms with Crippen LogP contribution in [0, 0.1) is 0 Å². The first-order chi connectivity index (χ1) is 5.21. The molecule has 6 heteroatoms. The molecule has 0 aromatic heterocycles. The van der Waals surface area contributed by atoms with Crippen molar-refractivity contribution in [2.24, 2.45) is 0 Å². The molecule has 0 bridgehead atoms. The van der Waals surface area contributed by atoms with Crippen molar-refractivity contribution in [1.82, 2.24) is 0 Å². The summed E-state index contributed by atoms with van der Waals surface area (Å²) in [7, 11) is 1.24. The van der Waals surface area contributed by atoms with Gasteiger partial charge in [0.05, 0.1) is 7.11 Å². The summed E-state index contributed by atoms with van der Waals surface area (Å²) in [4.78, 5) is 18.9.